The first-order valence-electron chi connectivity index (χ1n) is 10.0. The fraction of sp³-hybridized carbons (Fsp3) is 0.381. The zero-order valence-electron chi connectivity index (χ0n) is 16.9. The lowest BCUT2D eigenvalue weighted by Crippen LogP contribution is -2.30. The molecular weight excluding hydrogens is 378 g/mol. The van der Waals surface area contributed by atoms with Gasteiger partial charge >= 0.3 is 0 Å². The van der Waals surface area contributed by atoms with Gasteiger partial charge < -0.3 is 11.5 Å². The van der Waals surface area contributed by atoms with Crippen molar-refractivity contribution in [3.8, 4) is 17.3 Å². The molecule has 154 valence electrons. The van der Waals surface area contributed by atoms with Gasteiger partial charge in [-0.15, -0.1) is 0 Å². The highest BCUT2D eigenvalue weighted by Gasteiger charge is 2.28. The van der Waals surface area contributed by atoms with Gasteiger partial charge in [-0.3, -0.25) is 9.67 Å². The molecule has 1 aliphatic rings. The minimum Gasteiger partial charge on any atom is -0.397 e. The number of nitriles is 1. The smallest absolute Gasteiger partial charge is 0.141 e. The van der Waals surface area contributed by atoms with E-state index in [1.807, 2.05) is 12.3 Å². The van der Waals surface area contributed by atoms with Gasteiger partial charge in [-0.1, -0.05) is 0 Å². The SMILES string of the molecule is CN=CC=C(N)c1cn2nccc2c(-c2cnn(C(C#N)C3CCC(N)CC3)c2)n1. The molecule has 3 aromatic heterocycles. The monoisotopic (exact) mass is 403 g/mol. The molecule has 9 nitrogen and oxygen atoms in total. The van der Waals surface area contributed by atoms with E-state index in [1.165, 1.54) is 0 Å². The van der Waals surface area contributed by atoms with Crippen molar-refractivity contribution < 1.29 is 0 Å². The van der Waals surface area contributed by atoms with E-state index in [0.717, 1.165) is 36.8 Å². The van der Waals surface area contributed by atoms with Crippen LogP contribution in [0.1, 0.15) is 37.4 Å². The fourth-order valence-corrected chi connectivity index (χ4v) is 3.97. The molecule has 0 bridgehead atoms. The summed E-state index contributed by atoms with van der Waals surface area (Å²) in [7, 11) is 1.68. The van der Waals surface area contributed by atoms with Crippen LogP contribution in [0.3, 0.4) is 0 Å². The third-order valence-electron chi connectivity index (χ3n) is 5.64. The molecule has 9 heteroatoms. The molecule has 0 aromatic carbocycles. The van der Waals surface area contributed by atoms with Crippen LogP contribution in [0.4, 0.5) is 0 Å². The molecule has 0 saturated heterocycles. The van der Waals surface area contributed by atoms with Crippen LogP contribution in [0, 0.1) is 17.2 Å². The van der Waals surface area contributed by atoms with E-state index >= 15 is 0 Å². The quantitative estimate of drug-likeness (QED) is 0.627. The molecule has 3 aromatic rings. The summed E-state index contributed by atoms with van der Waals surface area (Å²) < 4.78 is 3.49. The van der Waals surface area contributed by atoms with E-state index < -0.39 is 0 Å². The molecule has 4 N–H and O–H groups in total. The first kappa shape index (κ1) is 19.8. The van der Waals surface area contributed by atoms with Gasteiger partial charge in [0.2, 0.25) is 0 Å². The van der Waals surface area contributed by atoms with Crippen LogP contribution in [-0.2, 0) is 0 Å². The number of hydrogen-bond acceptors (Lipinski definition) is 7. The maximum absolute atomic E-state index is 9.81. The Morgan fingerprint density at radius 3 is 2.83 bits per heavy atom. The maximum Gasteiger partial charge on any atom is 0.141 e. The van der Waals surface area contributed by atoms with Gasteiger partial charge in [0.15, 0.2) is 0 Å². The summed E-state index contributed by atoms with van der Waals surface area (Å²) in [5, 5.41) is 18.6. The molecule has 4 rings (SSSR count). The van der Waals surface area contributed by atoms with Crippen molar-refractivity contribution in [2.24, 2.45) is 22.4 Å². The standard InChI is InChI=1S/C21H25N9/c1-25-8-6-17(24)18-13-30-19(7-9-26-30)21(28-18)15-11-27-29(12-15)20(10-22)14-2-4-16(23)5-3-14/h6-9,11-14,16,20H,2-5,23-24H2,1H3. The number of hydrogen-bond donors (Lipinski definition) is 2. The number of fused-ring (bicyclic) bond motifs is 1. The van der Waals surface area contributed by atoms with E-state index in [2.05, 4.69) is 21.3 Å². The van der Waals surface area contributed by atoms with Crippen molar-refractivity contribution in [2.75, 3.05) is 7.05 Å². The molecular formula is C21H25N9. The Hall–Kier alpha value is -3.51. The molecule has 1 atom stereocenters. The average molecular weight is 403 g/mol. The molecule has 1 unspecified atom stereocenters. The van der Waals surface area contributed by atoms with Crippen molar-refractivity contribution in [1.29, 1.82) is 5.26 Å². The first-order chi connectivity index (χ1) is 14.6. The number of allylic oxidation sites excluding steroid dienone is 1. The summed E-state index contributed by atoms with van der Waals surface area (Å²) in [6.07, 6.45) is 14.2. The van der Waals surface area contributed by atoms with Crippen LogP contribution in [0.5, 0.6) is 0 Å². The second-order valence-corrected chi connectivity index (χ2v) is 7.62. The lowest BCUT2D eigenvalue weighted by atomic mass is 9.82. The van der Waals surface area contributed by atoms with Crippen molar-refractivity contribution in [3.63, 3.8) is 0 Å². The van der Waals surface area contributed by atoms with Gasteiger partial charge in [0.1, 0.15) is 11.7 Å². The zero-order valence-corrected chi connectivity index (χ0v) is 16.9. The van der Waals surface area contributed by atoms with Crippen molar-refractivity contribution in [3.05, 3.63) is 42.6 Å². The topological polar surface area (TPSA) is 136 Å². The highest BCUT2D eigenvalue weighted by atomic mass is 15.3. The van der Waals surface area contributed by atoms with Crippen LogP contribution in [0.2, 0.25) is 0 Å². The summed E-state index contributed by atoms with van der Waals surface area (Å²) in [4.78, 5) is 8.68. The summed E-state index contributed by atoms with van der Waals surface area (Å²) in [5.74, 6) is 0.253. The Labute approximate surface area is 174 Å². The molecule has 1 fully saturated rings. The number of aliphatic imine (C=N–C) groups is 1. The summed E-state index contributed by atoms with van der Waals surface area (Å²) in [5.41, 5.74) is 15.6. The van der Waals surface area contributed by atoms with Gasteiger partial charge in [-0.2, -0.15) is 15.5 Å². The van der Waals surface area contributed by atoms with E-state index in [-0.39, 0.29) is 18.0 Å². The van der Waals surface area contributed by atoms with Gasteiger partial charge in [-0.25, -0.2) is 9.50 Å². The maximum atomic E-state index is 9.81. The van der Waals surface area contributed by atoms with Crippen LogP contribution in [-0.4, -0.2) is 43.7 Å². The van der Waals surface area contributed by atoms with Gasteiger partial charge in [0, 0.05) is 31.1 Å². The van der Waals surface area contributed by atoms with Crippen LogP contribution < -0.4 is 11.5 Å². The highest BCUT2D eigenvalue weighted by Crippen LogP contribution is 2.33. The highest BCUT2D eigenvalue weighted by molar-refractivity contribution is 5.84. The molecule has 1 saturated carbocycles. The van der Waals surface area contributed by atoms with Crippen molar-refractivity contribution in [2.45, 2.75) is 37.8 Å². The zero-order chi connectivity index (χ0) is 21.1. The second kappa shape index (κ2) is 8.47. The Bertz CT molecular complexity index is 1120. The predicted molar refractivity (Wildman–Crippen MR) is 115 cm³/mol. The van der Waals surface area contributed by atoms with Gasteiger partial charge in [-0.05, 0) is 43.7 Å². The Kier molecular flexibility index (Phi) is 5.59. The van der Waals surface area contributed by atoms with E-state index in [0.29, 0.717) is 17.1 Å². The second-order valence-electron chi connectivity index (χ2n) is 7.62. The first-order valence-corrected chi connectivity index (χ1v) is 10.0. The van der Waals surface area contributed by atoms with Gasteiger partial charge in [0.05, 0.1) is 41.6 Å². The summed E-state index contributed by atoms with van der Waals surface area (Å²) >= 11 is 0. The van der Waals surface area contributed by atoms with Gasteiger partial charge in [0.25, 0.3) is 0 Å². The minimum atomic E-state index is -0.318. The largest absolute Gasteiger partial charge is 0.397 e. The third-order valence-corrected chi connectivity index (χ3v) is 5.64. The Morgan fingerprint density at radius 1 is 1.30 bits per heavy atom. The molecule has 3 heterocycles. The summed E-state index contributed by atoms with van der Waals surface area (Å²) in [6.45, 7) is 0. The predicted octanol–water partition coefficient (Wildman–Crippen LogP) is 2.18. The number of rotatable bonds is 5. The minimum absolute atomic E-state index is 0.243. The lowest BCUT2D eigenvalue weighted by Gasteiger charge is -2.29. The van der Waals surface area contributed by atoms with Crippen LogP contribution in [0.15, 0.2) is 41.9 Å². The third kappa shape index (κ3) is 3.82. The van der Waals surface area contributed by atoms with E-state index in [4.69, 9.17) is 16.5 Å². The number of aromatic nitrogens is 5. The fourth-order valence-electron chi connectivity index (χ4n) is 3.97. The van der Waals surface area contributed by atoms with Crippen LogP contribution >= 0.6 is 0 Å². The van der Waals surface area contributed by atoms with E-state index in [9.17, 15) is 5.26 Å². The summed E-state index contributed by atoms with van der Waals surface area (Å²) in [6, 6.07) is 4.24. The normalized spacial score (nSPS) is 21.2. The Morgan fingerprint density at radius 2 is 2.10 bits per heavy atom. The Balaban J connectivity index is 1.70. The molecule has 1 aliphatic carbocycles. The van der Waals surface area contributed by atoms with Crippen molar-refractivity contribution >= 4 is 17.4 Å². The molecule has 0 aliphatic heterocycles. The molecule has 0 amide bonds. The van der Waals surface area contributed by atoms with Crippen LogP contribution in [0.25, 0.3) is 22.5 Å². The molecule has 0 radical (unpaired) electrons. The average Bonchev–Trinajstić information content (AvgIpc) is 3.43. The van der Waals surface area contributed by atoms with E-state index in [1.54, 1.807) is 47.1 Å². The van der Waals surface area contributed by atoms with Crippen molar-refractivity contribution in [1.82, 2.24) is 24.4 Å². The molecule has 30 heavy (non-hydrogen) atoms. The number of nitrogens with zero attached hydrogens (tertiary/aromatic N) is 7. The number of nitrogens with two attached hydrogens (primary N) is 2. The lowest BCUT2D eigenvalue weighted by molar-refractivity contribution is 0.259. The molecule has 0 spiro atoms.